The third-order valence-corrected chi connectivity index (χ3v) is 9.34. The third-order valence-electron chi connectivity index (χ3n) is 9.34. The van der Waals surface area contributed by atoms with E-state index in [0.29, 0.717) is 26.1 Å². The molecule has 0 spiro atoms. The zero-order valence-corrected chi connectivity index (χ0v) is 33.8. The van der Waals surface area contributed by atoms with Crippen LogP contribution >= 0.6 is 0 Å². The van der Waals surface area contributed by atoms with E-state index in [2.05, 4.69) is 13.8 Å². The number of rotatable bonds is 40. The number of hydrogen-bond acceptors (Lipinski definition) is 8. The largest absolute Gasteiger partial charge is 0.463 e. The Kier molecular flexibility index (Phi) is 47.6. The first-order chi connectivity index (χ1) is 25.0. The number of hydrogen-bond donors (Lipinski definition) is 3. The molecule has 0 fully saturated rings. The molecule has 0 saturated carbocycles. The second kappa shape index (κ2) is 46.8. The molecule has 8 nitrogen and oxygen atoms in total. The lowest BCUT2D eigenvalue weighted by atomic mass is 10.0. The fraction of sp³-hybridized carbons (Fsp3) is 0.953. The topological polar surface area (TPSA) is 123 Å². The Balaban J connectivity index is 0. The summed E-state index contributed by atoms with van der Waals surface area (Å²) in [6, 6.07) is 0. The van der Waals surface area contributed by atoms with Gasteiger partial charge in [0.15, 0.2) is 0 Å². The number of carbonyl (C=O) groups excluding carboxylic acids is 2. The molecule has 0 aromatic heterocycles. The maximum absolute atomic E-state index is 11.5. The highest BCUT2D eigenvalue weighted by molar-refractivity contribution is 5.69. The van der Waals surface area contributed by atoms with Crippen LogP contribution < -0.4 is 0 Å². The highest BCUT2D eigenvalue weighted by atomic mass is 16.6. The minimum absolute atomic E-state index is 0.00702. The maximum Gasteiger partial charge on any atom is 0.305 e. The van der Waals surface area contributed by atoms with Crippen LogP contribution in [0.3, 0.4) is 0 Å². The average Bonchev–Trinajstić information content (AvgIpc) is 3.14. The van der Waals surface area contributed by atoms with E-state index in [0.717, 1.165) is 25.7 Å². The molecule has 0 aliphatic heterocycles. The van der Waals surface area contributed by atoms with Crippen molar-refractivity contribution in [3.8, 4) is 0 Å². The van der Waals surface area contributed by atoms with E-state index in [4.69, 9.17) is 29.5 Å². The summed E-state index contributed by atoms with van der Waals surface area (Å²) in [4.78, 5) is 22.9. The zero-order valence-electron chi connectivity index (χ0n) is 33.8. The fourth-order valence-corrected chi connectivity index (χ4v) is 6.05. The number of esters is 2. The standard InChI is InChI=1S/C22H44O4.C21H42O4/c1-2-3-4-5-6-7-8-9-10-11-12-13-14-15-16-17-22(24)26-21-20-25-19-18-23;1-2-3-4-5-6-7-8-9-10-11-12-13-14-15-16-17-21(24)25-19-20(23)18-22/h23H,2-21H2,1H3;20,22-23H,2-19H2,1H3. The molecule has 0 aliphatic carbocycles. The van der Waals surface area contributed by atoms with Crippen molar-refractivity contribution < 1.29 is 39.1 Å². The Morgan fingerprint density at radius 2 is 0.745 bits per heavy atom. The molecule has 3 N–H and O–H groups in total. The van der Waals surface area contributed by atoms with E-state index in [1.807, 2.05) is 0 Å². The van der Waals surface area contributed by atoms with Crippen molar-refractivity contribution in [1.29, 1.82) is 0 Å². The van der Waals surface area contributed by atoms with Gasteiger partial charge in [0, 0.05) is 12.8 Å². The van der Waals surface area contributed by atoms with Crippen LogP contribution in [-0.4, -0.2) is 73.0 Å². The van der Waals surface area contributed by atoms with Gasteiger partial charge in [-0.05, 0) is 12.8 Å². The summed E-state index contributed by atoms with van der Waals surface area (Å²) in [5, 5.41) is 26.3. The van der Waals surface area contributed by atoms with Gasteiger partial charge < -0.3 is 29.5 Å². The Morgan fingerprint density at radius 1 is 0.431 bits per heavy atom. The molecule has 8 heteroatoms. The highest BCUT2D eigenvalue weighted by Gasteiger charge is 2.07. The van der Waals surface area contributed by atoms with Gasteiger partial charge in [-0.25, -0.2) is 0 Å². The lowest BCUT2D eigenvalue weighted by molar-refractivity contribution is -0.147. The van der Waals surface area contributed by atoms with Crippen molar-refractivity contribution in [2.24, 2.45) is 0 Å². The summed E-state index contributed by atoms with van der Waals surface area (Å²) in [5.41, 5.74) is 0. The van der Waals surface area contributed by atoms with E-state index in [1.54, 1.807) is 0 Å². The second-order valence-electron chi connectivity index (χ2n) is 14.5. The summed E-state index contributed by atoms with van der Waals surface area (Å²) >= 11 is 0. The number of ether oxygens (including phenoxy) is 3. The van der Waals surface area contributed by atoms with Crippen LogP contribution in [0, 0.1) is 0 Å². The normalized spacial score (nSPS) is 11.6. The summed E-state index contributed by atoms with van der Waals surface area (Å²) in [6.07, 6.45) is 39.5. The van der Waals surface area contributed by atoms with Crippen LogP contribution in [0.4, 0.5) is 0 Å². The molecule has 0 aliphatic rings. The molecule has 0 radical (unpaired) electrons. The Morgan fingerprint density at radius 3 is 1.06 bits per heavy atom. The van der Waals surface area contributed by atoms with Crippen molar-refractivity contribution in [3.63, 3.8) is 0 Å². The minimum atomic E-state index is -0.954. The van der Waals surface area contributed by atoms with Crippen LogP contribution in [-0.2, 0) is 23.8 Å². The molecular weight excluding hydrogens is 644 g/mol. The van der Waals surface area contributed by atoms with E-state index in [9.17, 15) is 9.59 Å². The molecular formula is C43H86O8. The first-order valence-corrected chi connectivity index (χ1v) is 21.8. The maximum atomic E-state index is 11.5. The smallest absolute Gasteiger partial charge is 0.305 e. The minimum Gasteiger partial charge on any atom is -0.463 e. The first-order valence-electron chi connectivity index (χ1n) is 21.8. The predicted octanol–water partition coefficient (Wildman–Crippen LogP) is 10.9. The quantitative estimate of drug-likeness (QED) is 0.0421. The van der Waals surface area contributed by atoms with E-state index >= 15 is 0 Å². The first kappa shape index (κ1) is 51.9. The van der Waals surface area contributed by atoms with Gasteiger partial charge in [-0.3, -0.25) is 9.59 Å². The molecule has 0 bridgehead atoms. The van der Waals surface area contributed by atoms with Crippen LogP contribution in [0.5, 0.6) is 0 Å². The third kappa shape index (κ3) is 48.8. The molecule has 0 heterocycles. The van der Waals surface area contributed by atoms with Gasteiger partial charge in [0.05, 0.1) is 26.4 Å². The van der Waals surface area contributed by atoms with Crippen LogP contribution in [0.25, 0.3) is 0 Å². The number of carbonyl (C=O) groups is 2. The van der Waals surface area contributed by atoms with Crippen molar-refractivity contribution in [1.82, 2.24) is 0 Å². The van der Waals surface area contributed by atoms with Gasteiger partial charge in [-0.2, -0.15) is 0 Å². The SMILES string of the molecule is CCCCCCCCCCCCCCCCCC(=O)OCC(O)CO.CCCCCCCCCCCCCCCCCC(=O)OCCOCCO. The van der Waals surface area contributed by atoms with Crippen LogP contribution in [0.15, 0.2) is 0 Å². The van der Waals surface area contributed by atoms with Crippen LogP contribution in [0.2, 0.25) is 0 Å². The van der Waals surface area contributed by atoms with Gasteiger partial charge in [0.1, 0.15) is 19.3 Å². The monoisotopic (exact) mass is 731 g/mol. The van der Waals surface area contributed by atoms with E-state index in [1.165, 1.54) is 167 Å². The molecule has 306 valence electrons. The highest BCUT2D eigenvalue weighted by Crippen LogP contribution is 2.15. The van der Waals surface area contributed by atoms with Crippen LogP contribution in [0.1, 0.15) is 219 Å². The van der Waals surface area contributed by atoms with Crippen molar-refractivity contribution >= 4 is 11.9 Å². The molecule has 0 aromatic carbocycles. The zero-order chi connectivity index (χ0) is 37.7. The summed E-state index contributed by atoms with van der Waals surface area (Å²) in [5.74, 6) is -0.408. The van der Waals surface area contributed by atoms with E-state index in [-0.39, 0.29) is 38.4 Å². The van der Waals surface area contributed by atoms with E-state index < -0.39 is 6.10 Å². The predicted molar refractivity (Wildman–Crippen MR) is 212 cm³/mol. The fourth-order valence-electron chi connectivity index (χ4n) is 6.05. The molecule has 51 heavy (non-hydrogen) atoms. The molecule has 0 aromatic rings. The van der Waals surface area contributed by atoms with Gasteiger partial charge in [0.2, 0.25) is 0 Å². The van der Waals surface area contributed by atoms with Crippen molar-refractivity contribution in [2.45, 2.75) is 225 Å². The second-order valence-corrected chi connectivity index (χ2v) is 14.5. The Labute approximate surface area is 315 Å². The van der Waals surface area contributed by atoms with Crippen molar-refractivity contribution in [2.75, 3.05) is 39.6 Å². The molecule has 1 atom stereocenters. The molecule has 1 unspecified atom stereocenters. The number of aliphatic hydroxyl groups excluding tert-OH is 3. The summed E-state index contributed by atoms with van der Waals surface area (Å²) in [7, 11) is 0. The number of unbranched alkanes of at least 4 members (excludes halogenated alkanes) is 28. The lowest BCUT2D eigenvalue weighted by Gasteiger charge is -2.08. The summed E-state index contributed by atoms with van der Waals surface area (Å²) in [6.45, 7) is 5.03. The molecule has 0 rings (SSSR count). The van der Waals surface area contributed by atoms with Gasteiger partial charge in [0.25, 0.3) is 0 Å². The average molecular weight is 731 g/mol. The molecule has 0 saturated heterocycles. The van der Waals surface area contributed by atoms with Crippen molar-refractivity contribution in [3.05, 3.63) is 0 Å². The Bertz CT molecular complexity index is 674. The molecule has 0 amide bonds. The van der Waals surface area contributed by atoms with Gasteiger partial charge in [-0.15, -0.1) is 0 Å². The Hall–Kier alpha value is -1.22. The van der Waals surface area contributed by atoms with Gasteiger partial charge in [-0.1, -0.05) is 194 Å². The lowest BCUT2D eigenvalue weighted by Crippen LogP contribution is -2.21. The number of aliphatic hydroxyl groups is 3. The van der Waals surface area contributed by atoms with Gasteiger partial charge >= 0.3 is 11.9 Å². The summed E-state index contributed by atoms with van der Waals surface area (Å²) < 4.78 is 15.0.